The highest BCUT2D eigenvalue weighted by atomic mass is 79.9. The topological polar surface area (TPSA) is 89.9 Å². The molecule has 0 aliphatic carbocycles. The summed E-state index contributed by atoms with van der Waals surface area (Å²) >= 11 is 9.19. The standard InChI is InChI=1S/C16H13BrClN3O4/c1-24-14(22)9-25-13-5-4-11(17)7-10(13)8-20-21-16(23)12-3-2-6-19-15(12)18/h2-8H,9H2,1H3,(H,21,23). The lowest BCUT2D eigenvalue weighted by molar-refractivity contribution is -0.142. The summed E-state index contributed by atoms with van der Waals surface area (Å²) in [6.07, 6.45) is 2.87. The Morgan fingerprint density at radius 2 is 2.20 bits per heavy atom. The molecule has 0 fully saturated rings. The molecule has 1 heterocycles. The first-order chi connectivity index (χ1) is 12.0. The molecular weight excluding hydrogens is 414 g/mol. The molecular formula is C16H13BrClN3O4. The molecule has 0 atom stereocenters. The van der Waals surface area contributed by atoms with Gasteiger partial charge in [-0.05, 0) is 30.3 Å². The van der Waals surface area contributed by atoms with Gasteiger partial charge < -0.3 is 9.47 Å². The molecule has 9 heteroatoms. The van der Waals surface area contributed by atoms with Crippen molar-refractivity contribution in [3.8, 4) is 5.75 Å². The summed E-state index contributed by atoms with van der Waals surface area (Å²) in [5.74, 6) is -0.599. The third-order valence-electron chi connectivity index (χ3n) is 2.92. The van der Waals surface area contributed by atoms with Gasteiger partial charge in [0.2, 0.25) is 0 Å². The van der Waals surface area contributed by atoms with Gasteiger partial charge in [0.25, 0.3) is 5.91 Å². The van der Waals surface area contributed by atoms with Crippen LogP contribution in [-0.4, -0.2) is 36.8 Å². The number of hydrazone groups is 1. The van der Waals surface area contributed by atoms with Crippen molar-refractivity contribution in [2.24, 2.45) is 5.10 Å². The monoisotopic (exact) mass is 425 g/mol. The van der Waals surface area contributed by atoms with Gasteiger partial charge in [-0.2, -0.15) is 5.10 Å². The Labute approximate surface area is 157 Å². The van der Waals surface area contributed by atoms with Crippen LogP contribution in [0.3, 0.4) is 0 Å². The summed E-state index contributed by atoms with van der Waals surface area (Å²) in [6, 6.07) is 8.26. The Morgan fingerprint density at radius 3 is 2.92 bits per heavy atom. The van der Waals surface area contributed by atoms with Crippen molar-refractivity contribution >= 4 is 45.6 Å². The third-order valence-corrected chi connectivity index (χ3v) is 3.71. The van der Waals surface area contributed by atoms with E-state index < -0.39 is 11.9 Å². The fourth-order valence-electron chi connectivity index (χ4n) is 1.72. The highest BCUT2D eigenvalue weighted by Crippen LogP contribution is 2.22. The van der Waals surface area contributed by atoms with Gasteiger partial charge in [-0.3, -0.25) is 4.79 Å². The molecule has 0 aliphatic rings. The molecule has 0 unspecified atom stereocenters. The average molecular weight is 427 g/mol. The first-order valence-corrected chi connectivity index (χ1v) is 8.11. The van der Waals surface area contributed by atoms with Gasteiger partial charge in [0, 0.05) is 16.2 Å². The molecule has 0 aliphatic heterocycles. The number of halogens is 2. The number of ether oxygens (including phenoxy) is 2. The summed E-state index contributed by atoms with van der Waals surface area (Å²) in [6.45, 7) is -0.239. The molecule has 0 saturated heterocycles. The molecule has 130 valence electrons. The van der Waals surface area contributed by atoms with Crippen molar-refractivity contribution in [2.45, 2.75) is 0 Å². The van der Waals surface area contributed by atoms with Crippen molar-refractivity contribution < 1.29 is 19.1 Å². The number of carbonyl (C=O) groups excluding carboxylic acids is 2. The van der Waals surface area contributed by atoms with E-state index in [0.29, 0.717) is 11.3 Å². The van der Waals surface area contributed by atoms with Crippen LogP contribution in [0.25, 0.3) is 0 Å². The van der Waals surface area contributed by atoms with Gasteiger partial charge in [0.15, 0.2) is 6.61 Å². The summed E-state index contributed by atoms with van der Waals surface area (Å²) in [7, 11) is 1.27. The first kappa shape index (κ1) is 18.9. The summed E-state index contributed by atoms with van der Waals surface area (Å²) in [5, 5.41) is 3.96. The van der Waals surface area contributed by atoms with Crippen LogP contribution in [0.4, 0.5) is 0 Å². The largest absolute Gasteiger partial charge is 0.481 e. The predicted octanol–water partition coefficient (Wildman–Crippen LogP) is 2.81. The van der Waals surface area contributed by atoms with Crippen LogP contribution < -0.4 is 10.2 Å². The second kappa shape index (κ2) is 9.14. The zero-order valence-corrected chi connectivity index (χ0v) is 15.4. The van der Waals surface area contributed by atoms with Crippen LogP contribution >= 0.6 is 27.5 Å². The molecule has 2 aromatic rings. The van der Waals surface area contributed by atoms with E-state index in [2.05, 4.69) is 36.2 Å². The van der Waals surface area contributed by atoms with Gasteiger partial charge >= 0.3 is 5.97 Å². The Kier molecular flexibility index (Phi) is 6.91. The quantitative estimate of drug-likeness (QED) is 0.332. The maximum Gasteiger partial charge on any atom is 0.343 e. The van der Waals surface area contributed by atoms with Crippen molar-refractivity contribution in [3.63, 3.8) is 0 Å². The molecule has 25 heavy (non-hydrogen) atoms. The van der Waals surface area contributed by atoms with Crippen LogP contribution in [0.1, 0.15) is 15.9 Å². The highest BCUT2D eigenvalue weighted by molar-refractivity contribution is 9.10. The Hall–Kier alpha value is -2.45. The van der Waals surface area contributed by atoms with Crippen LogP contribution in [0.5, 0.6) is 5.75 Å². The van der Waals surface area contributed by atoms with E-state index in [9.17, 15) is 9.59 Å². The fourth-order valence-corrected chi connectivity index (χ4v) is 2.31. The number of rotatable bonds is 6. The maximum absolute atomic E-state index is 12.0. The number of hydrogen-bond acceptors (Lipinski definition) is 6. The Morgan fingerprint density at radius 1 is 1.40 bits per heavy atom. The van der Waals surface area contributed by atoms with Gasteiger partial charge in [-0.25, -0.2) is 15.2 Å². The van der Waals surface area contributed by atoms with Crippen molar-refractivity contribution in [2.75, 3.05) is 13.7 Å². The number of nitrogens with zero attached hydrogens (tertiary/aromatic N) is 2. The lowest BCUT2D eigenvalue weighted by Crippen LogP contribution is -2.18. The summed E-state index contributed by atoms with van der Waals surface area (Å²) < 4.78 is 10.7. The van der Waals surface area contributed by atoms with Crippen LogP contribution in [0, 0.1) is 0 Å². The van der Waals surface area contributed by atoms with Gasteiger partial charge in [-0.1, -0.05) is 27.5 Å². The van der Waals surface area contributed by atoms with Crippen molar-refractivity contribution in [1.82, 2.24) is 10.4 Å². The number of nitrogens with one attached hydrogen (secondary N) is 1. The predicted molar refractivity (Wildman–Crippen MR) is 96.0 cm³/mol. The number of carbonyl (C=O) groups is 2. The van der Waals surface area contributed by atoms with Crippen LogP contribution in [0.2, 0.25) is 5.15 Å². The molecule has 0 saturated carbocycles. The second-order valence-electron chi connectivity index (χ2n) is 4.59. The minimum atomic E-state index is -0.509. The van der Waals surface area contributed by atoms with Crippen LogP contribution in [-0.2, 0) is 9.53 Å². The first-order valence-electron chi connectivity index (χ1n) is 6.94. The molecule has 0 bridgehead atoms. The van der Waals surface area contributed by atoms with E-state index in [1.807, 2.05) is 0 Å². The number of benzene rings is 1. The molecule has 1 N–H and O–H groups in total. The molecule has 7 nitrogen and oxygen atoms in total. The average Bonchev–Trinajstić information content (AvgIpc) is 2.61. The number of hydrogen-bond donors (Lipinski definition) is 1. The van der Waals surface area contributed by atoms with Gasteiger partial charge in [0.1, 0.15) is 10.9 Å². The highest BCUT2D eigenvalue weighted by Gasteiger charge is 2.10. The number of amides is 1. The fraction of sp³-hybridized carbons (Fsp3) is 0.125. The van der Waals surface area contributed by atoms with Crippen molar-refractivity contribution in [3.05, 3.63) is 57.3 Å². The number of methoxy groups -OCH3 is 1. The Balaban J connectivity index is 2.09. The number of pyridine rings is 1. The summed E-state index contributed by atoms with van der Waals surface area (Å²) in [4.78, 5) is 27.0. The molecule has 1 aromatic carbocycles. The van der Waals surface area contributed by atoms with E-state index in [4.69, 9.17) is 16.3 Å². The zero-order chi connectivity index (χ0) is 18.2. The van der Waals surface area contributed by atoms with E-state index >= 15 is 0 Å². The van der Waals surface area contributed by atoms with E-state index in [-0.39, 0.29) is 17.3 Å². The molecule has 0 radical (unpaired) electrons. The van der Waals surface area contributed by atoms with E-state index in [0.717, 1.165) is 4.47 Å². The Bertz CT molecular complexity index is 814. The van der Waals surface area contributed by atoms with E-state index in [1.165, 1.54) is 25.6 Å². The molecule has 0 spiro atoms. The smallest absolute Gasteiger partial charge is 0.343 e. The lowest BCUT2D eigenvalue weighted by atomic mass is 10.2. The SMILES string of the molecule is COC(=O)COc1ccc(Br)cc1C=NNC(=O)c1cccnc1Cl. The van der Waals surface area contributed by atoms with Crippen LogP contribution in [0.15, 0.2) is 46.1 Å². The molecule has 2 rings (SSSR count). The lowest BCUT2D eigenvalue weighted by Gasteiger charge is -2.08. The van der Waals surface area contributed by atoms with Crippen molar-refractivity contribution in [1.29, 1.82) is 0 Å². The molecule has 1 amide bonds. The third kappa shape index (κ3) is 5.54. The minimum absolute atomic E-state index is 0.0831. The van der Waals surface area contributed by atoms with Gasteiger partial charge in [-0.15, -0.1) is 0 Å². The summed E-state index contributed by atoms with van der Waals surface area (Å²) in [5.41, 5.74) is 3.11. The second-order valence-corrected chi connectivity index (χ2v) is 5.86. The number of esters is 1. The van der Waals surface area contributed by atoms with E-state index in [1.54, 1.807) is 24.3 Å². The zero-order valence-electron chi connectivity index (χ0n) is 13.0. The molecule has 1 aromatic heterocycles. The minimum Gasteiger partial charge on any atom is -0.481 e. The number of aromatic nitrogens is 1. The van der Waals surface area contributed by atoms with Gasteiger partial charge in [0.05, 0.1) is 18.9 Å². The maximum atomic E-state index is 12.0. The normalized spacial score (nSPS) is 10.5.